The number of carbonyl (C=O) groups excluding carboxylic acids is 2. The molecule has 1 amide bonds. The van der Waals surface area contributed by atoms with Crippen LogP contribution in [-0.4, -0.2) is 35.0 Å². The molecule has 2 N–H and O–H groups in total. The standard InChI is InChI=1S/C13H12ClN3O3/c1-20-13(19)11-16-9-4-7(8(14)5-10(9)17-11)12(18)15-6-2-3-6/h4-6H,2-3H2,1H3,(H,15,18)(H,16,17). The fourth-order valence-corrected chi connectivity index (χ4v) is 2.14. The highest BCUT2D eigenvalue weighted by Gasteiger charge is 2.25. The van der Waals surface area contributed by atoms with Crippen molar-refractivity contribution in [3.63, 3.8) is 0 Å². The maximum Gasteiger partial charge on any atom is 0.374 e. The Labute approximate surface area is 119 Å². The molecule has 0 unspecified atom stereocenters. The lowest BCUT2D eigenvalue weighted by Gasteiger charge is -2.05. The van der Waals surface area contributed by atoms with E-state index < -0.39 is 5.97 Å². The first-order chi connectivity index (χ1) is 9.58. The van der Waals surface area contributed by atoms with Gasteiger partial charge in [0.2, 0.25) is 5.82 Å². The van der Waals surface area contributed by atoms with Gasteiger partial charge in [0.1, 0.15) is 0 Å². The Kier molecular flexibility index (Phi) is 3.10. The summed E-state index contributed by atoms with van der Waals surface area (Å²) >= 11 is 6.10. The molecule has 3 rings (SSSR count). The van der Waals surface area contributed by atoms with Crippen LogP contribution in [0.3, 0.4) is 0 Å². The average Bonchev–Trinajstić information content (AvgIpc) is 3.14. The highest BCUT2D eigenvalue weighted by atomic mass is 35.5. The number of aromatic nitrogens is 2. The lowest BCUT2D eigenvalue weighted by atomic mass is 10.2. The molecular formula is C13H12ClN3O3. The molecule has 1 aliphatic rings. The van der Waals surface area contributed by atoms with Gasteiger partial charge in [-0.2, -0.15) is 0 Å². The van der Waals surface area contributed by atoms with Crippen molar-refractivity contribution in [2.75, 3.05) is 7.11 Å². The van der Waals surface area contributed by atoms with E-state index in [-0.39, 0.29) is 17.8 Å². The third-order valence-electron chi connectivity index (χ3n) is 3.11. The van der Waals surface area contributed by atoms with Crippen molar-refractivity contribution in [3.8, 4) is 0 Å². The number of ether oxygens (including phenoxy) is 1. The van der Waals surface area contributed by atoms with Crippen LogP contribution in [0.15, 0.2) is 12.1 Å². The molecule has 7 heteroatoms. The van der Waals surface area contributed by atoms with Crippen LogP contribution in [0.25, 0.3) is 11.0 Å². The Bertz CT molecular complexity index is 706. The van der Waals surface area contributed by atoms with Gasteiger partial charge >= 0.3 is 5.97 Å². The number of hydrogen-bond donors (Lipinski definition) is 2. The summed E-state index contributed by atoms with van der Waals surface area (Å²) in [6.07, 6.45) is 2.00. The van der Waals surface area contributed by atoms with Gasteiger partial charge in [0.15, 0.2) is 0 Å². The quantitative estimate of drug-likeness (QED) is 0.847. The van der Waals surface area contributed by atoms with Crippen LogP contribution in [-0.2, 0) is 4.74 Å². The number of benzene rings is 1. The lowest BCUT2D eigenvalue weighted by molar-refractivity contribution is 0.0588. The van der Waals surface area contributed by atoms with Crippen molar-refractivity contribution in [1.82, 2.24) is 15.3 Å². The molecule has 1 aliphatic carbocycles. The van der Waals surface area contributed by atoms with Crippen LogP contribution in [0, 0.1) is 0 Å². The number of nitrogens with zero attached hydrogens (tertiary/aromatic N) is 1. The first kappa shape index (κ1) is 12.9. The van der Waals surface area contributed by atoms with Crippen LogP contribution in [0.4, 0.5) is 0 Å². The van der Waals surface area contributed by atoms with Crippen LogP contribution in [0.1, 0.15) is 33.8 Å². The molecule has 1 fully saturated rings. The highest BCUT2D eigenvalue weighted by Crippen LogP contribution is 2.25. The van der Waals surface area contributed by atoms with Gasteiger partial charge in [-0.05, 0) is 25.0 Å². The van der Waals surface area contributed by atoms with E-state index in [0.29, 0.717) is 21.6 Å². The number of carbonyl (C=O) groups is 2. The Balaban J connectivity index is 1.98. The number of H-pyrrole nitrogens is 1. The number of halogens is 1. The summed E-state index contributed by atoms with van der Waals surface area (Å²) in [4.78, 5) is 30.3. The molecule has 0 bridgehead atoms. The van der Waals surface area contributed by atoms with Gasteiger partial charge in [-0.25, -0.2) is 9.78 Å². The van der Waals surface area contributed by atoms with E-state index in [1.54, 1.807) is 12.1 Å². The van der Waals surface area contributed by atoms with E-state index in [1.807, 2.05) is 0 Å². The highest BCUT2D eigenvalue weighted by molar-refractivity contribution is 6.34. The van der Waals surface area contributed by atoms with Crippen molar-refractivity contribution in [2.24, 2.45) is 0 Å². The van der Waals surface area contributed by atoms with Crippen molar-refractivity contribution in [1.29, 1.82) is 0 Å². The molecule has 104 valence electrons. The number of fused-ring (bicyclic) bond motifs is 1. The molecule has 2 aromatic rings. The Morgan fingerprint density at radius 1 is 1.45 bits per heavy atom. The van der Waals surface area contributed by atoms with E-state index in [0.717, 1.165) is 12.8 Å². The second-order valence-corrected chi connectivity index (χ2v) is 5.08. The van der Waals surface area contributed by atoms with Crippen molar-refractivity contribution in [3.05, 3.63) is 28.5 Å². The Hall–Kier alpha value is -2.08. The SMILES string of the molecule is COC(=O)c1nc2cc(C(=O)NC3CC3)c(Cl)cc2[nH]1. The fraction of sp³-hybridized carbons (Fsp3) is 0.308. The van der Waals surface area contributed by atoms with E-state index in [1.165, 1.54) is 7.11 Å². The van der Waals surface area contributed by atoms with E-state index in [2.05, 4.69) is 20.0 Å². The molecular weight excluding hydrogens is 282 g/mol. The minimum atomic E-state index is -0.568. The smallest absolute Gasteiger partial charge is 0.374 e. The van der Waals surface area contributed by atoms with Crippen molar-refractivity contribution in [2.45, 2.75) is 18.9 Å². The lowest BCUT2D eigenvalue weighted by Crippen LogP contribution is -2.25. The van der Waals surface area contributed by atoms with Gasteiger partial charge in [0.05, 0.1) is 28.7 Å². The second kappa shape index (κ2) is 4.79. The van der Waals surface area contributed by atoms with Crippen molar-refractivity contribution < 1.29 is 14.3 Å². The van der Waals surface area contributed by atoms with Crippen LogP contribution >= 0.6 is 11.6 Å². The molecule has 0 spiro atoms. The third-order valence-corrected chi connectivity index (χ3v) is 3.42. The van der Waals surface area contributed by atoms with Gasteiger partial charge < -0.3 is 15.0 Å². The summed E-state index contributed by atoms with van der Waals surface area (Å²) in [7, 11) is 1.27. The van der Waals surface area contributed by atoms with Gasteiger partial charge in [-0.15, -0.1) is 0 Å². The normalized spacial score (nSPS) is 14.3. The zero-order valence-corrected chi connectivity index (χ0v) is 11.5. The third kappa shape index (κ3) is 2.34. The van der Waals surface area contributed by atoms with Crippen LogP contribution in [0.5, 0.6) is 0 Å². The number of hydrogen-bond acceptors (Lipinski definition) is 4. The number of aromatic amines is 1. The number of nitrogens with one attached hydrogen (secondary N) is 2. The molecule has 0 saturated heterocycles. The monoisotopic (exact) mass is 293 g/mol. The van der Waals surface area contributed by atoms with Gasteiger partial charge in [-0.3, -0.25) is 4.79 Å². The van der Waals surface area contributed by atoms with Gasteiger partial charge in [0.25, 0.3) is 5.91 Å². The number of amides is 1. The Morgan fingerprint density at radius 3 is 2.85 bits per heavy atom. The van der Waals surface area contributed by atoms with E-state index in [9.17, 15) is 9.59 Å². The zero-order chi connectivity index (χ0) is 14.3. The predicted octanol–water partition coefficient (Wildman–Crippen LogP) is 1.90. The summed E-state index contributed by atoms with van der Waals surface area (Å²) in [6, 6.07) is 3.40. The molecule has 1 saturated carbocycles. The largest absolute Gasteiger partial charge is 0.463 e. The average molecular weight is 294 g/mol. The maximum absolute atomic E-state index is 12.0. The van der Waals surface area contributed by atoms with Crippen molar-refractivity contribution >= 4 is 34.5 Å². The van der Waals surface area contributed by atoms with Crippen LogP contribution in [0.2, 0.25) is 5.02 Å². The molecule has 1 heterocycles. The molecule has 0 radical (unpaired) electrons. The number of esters is 1. The summed E-state index contributed by atoms with van der Waals surface area (Å²) in [5.41, 5.74) is 1.43. The first-order valence-corrected chi connectivity index (χ1v) is 6.54. The number of rotatable bonds is 3. The molecule has 1 aromatic carbocycles. The molecule has 1 aromatic heterocycles. The topological polar surface area (TPSA) is 84.1 Å². The summed E-state index contributed by atoms with van der Waals surface area (Å²) in [5.74, 6) is -0.707. The molecule has 20 heavy (non-hydrogen) atoms. The second-order valence-electron chi connectivity index (χ2n) is 4.67. The molecule has 0 atom stereocenters. The fourth-order valence-electron chi connectivity index (χ4n) is 1.89. The van der Waals surface area contributed by atoms with Gasteiger partial charge in [-0.1, -0.05) is 11.6 Å². The molecule has 6 nitrogen and oxygen atoms in total. The van der Waals surface area contributed by atoms with E-state index >= 15 is 0 Å². The summed E-state index contributed by atoms with van der Waals surface area (Å²) in [6.45, 7) is 0. The van der Waals surface area contributed by atoms with Gasteiger partial charge in [0, 0.05) is 6.04 Å². The van der Waals surface area contributed by atoms with E-state index in [4.69, 9.17) is 11.6 Å². The Morgan fingerprint density at radius 2 is 2.20 bits per heavy atom. The minimum absolute atomic E-state index is 0.0818. The number of imidazole rings is 1. The minimum Gasteiger partial charge on any atom is -0.463 e. The maximum atomic E-state index is 12.0. The summed E-state index contributed by atoms with van der Waals surface area (Å²) < 4.78 is 4.59. The van der Waals surface area contributed by atoms with Crippen LogP contribution < -0.4 is 5.32 Å². The molecule has 0 aliphatic heterocycles. The summed E-state index contributed by atoms with van der Waals surface area (Å²) in [5, 5.41) is 3.18. The first-order valence-electron chi connectivity index (χ1n) is 6.17. The number of methoxy groups -OCH3 is 1. The zero-order valence-electron chi connectivity index (χ0n) is 10.7. The predicted molar refractivity (Wildman–Crippen MR) is 72.9 cm³/mol.